The van der Waals surface area contributed by atoms with Gasteiger partial charge in [-0.1, -0.05) is 44.2 Å². The molecular weight excluding hydrogens is 244 g/mol. The topological polar surface area (TPSA) is 52.6 Å². The molecule has 0 aliphatic carbocycles. The van der Waals surface area contributed by atoms with Crippen molar-refractivity contribution in [3.8, 4) is 0 Å². The molecule has 19 heavy (non-hydrogen) atoms. The summed E-state index contributed by atoms with van der Waals surface area (Å²) in [6, 6.07) is 8.89. The van der Waals surface area contributed by atoms with Crippen LogP contribution in [0.2, 0.25) is 0 Å². The monoisotopic (exact) mass is 264 g/mol. The van der Waals surface area contributed by atoms with Gasteiger partial charge in [0.05, 0.1) is 6.61 Å². The van der Waals surface area contributed by atoms with Crippen molar-refractivity contribution in [3.63, 3.8) is 0 Å². The van der Waals surface area contributed by atoms with E-state index in [4.69, 9.17) is 9.47 Å². The molecule has 0 saturated heterocycles. The summed E-state index contributed by atoms with van der Waals surface area (Å²) in [5.74, 6) is -0.742. The van der Waals surface area contributed by atoms with Crippen LogP contribution in [0.25, 0.3) is 0 Å². The van der Waals surface area contributed by atoms with Crippen molar-refractivity contribution >= 4 is 11.9 Å². The Morgan fingerprint density at radius 3 is 2.32 bits per heavy atom. The molecule has 0 fully saturated rings. The molecule has 0 heterocycles. The third-order valence-electron chi connectivity index (χ3n) is 2.43. The number of rotatable bonds is 6. The molecule has 1 unspecified atom stereocenters. The lowest BCUT2D eigenvalue weighted by Gasteiger charge is -2.17. The first-order chi connectivity index (χ1) is 9.04. The summed E-state index contributed by atoms with van der Waals surface area (Å²) in [6.45, 7) is 5.81. The molecule has 0 amide bonds. The molecule has 0 N–H and O–H groups in total. The standard InChI is InChI=1S/C15H20O4/c1-4-18-15(17)14(12-8-6-5-7-9-12)19-13(16)10-11(2)3/h5-9,11,14H,4,10H2,1-3H3. The fourth-order valence-electron chi connectivity index (χ4n) is 1.61. The van der Waals surface area contributed by atoms with Gasteiger partial charge in [-0.05, 0) is 12.8 Å². The molecule has 0 saturated carbocycles. The summed E-state index contributed by atoms with van der Waals surface area (Å²) in [6.07, 6.45) is -0.699. The molecule has 4 nitrogen and oxygen atoms in total. The van der Waals surface area contributed by atoms with Gasteiger partial charge in [-0.2, -0.15) is 0 Å². The second kappa shape index (κ2) is 7.56. The molecule has 0 aromatic heterocycles. The quantitative estimate of drug-likeness (QED) is 0.741. The molecule has 0 spiro atoms. The third kappa shape index (κ3) is 5.12. The molecule has 1 rings (SSSR count). The molecule has 0 radical (unpaired) electrons. The SMILES string of the molecule is CCOC(=O)C(OC(=O)CC(C)C)c1ccccc1. The Morgan fingerprint density at radius 1 is 1.16 bits per heavy atom. The van der Waals surface area contributed by atoms with E-state index in [0.29, 0.717) is 5.56 Å². The van der Waals surface area contributed by atoms with Crippen LogP contribution in [0.5, 0.6) is 0 Å². The Kier molecular flexibility index (Phi) is 6.06. The lowest BCUT2D eigenvalue weighted by Crippen LogP contribution is -2.22. The van der Waals surface area contributed by atoms with Gasteiger partial charge in [-0.15, -0.1) is 0 Å². The Hall–Kier alpha value is -1.84. The summed E-state index contributed by atoms with van der Waals surface area (Å²) in [7, 11) is 0. The zero-order valence-corrected chi connectivity index (χ0v) is 11.6. The smallest absolute Gasteiger partial charge is 0.352 e. The van der Waals surface area contributed by atoms with E-state index in [0.717, 1.165) is 0 Å². The second-order valence-corrected chi connectivity index (χ2v) is 4.63. The van der Waals surface area contributed by atoms with E-state index < -0.39 is 18.0 Å². The Labute approximate surface area is 113 Å². The summed E-state index contributed by atoms with van der Waals surface area (Å²) < 4.78 is 10.2. The number of ether oxygens (including phenoxy) is 2. The van der Waals surface area contributed by atoms with Crippen molar-refractivity contribution in [2.75, 3.05) is 6.61 Å². The molecule has 0 aliphatic rings. The highest BCUT2D eigenvalue weighted by atomic mass is 16.6. The number of esters is 2. The van der Waals surface area contributed by atoms with Crippen LogP contribution in [0.15, 0.2) is 30.3 Å². The fraction of sp³-hybridized carbons (Fsp3) is 0.467. The third-order valence-corrected chi connectivity index (χ3v) is 2.43. The number of benzene rings is 1. The van der Waals surface area contributed by atoms with Gasteiger partial charge in [0.25, 0.3) is 0 Å². The van der Waals surface area contributed by atoms with Gasteiger partial charge in [0, 0.05) is 12.0 Å². The molecule has 1 atom stereocenters. The summed E-state index contributed by atoms with van der Waals surface area (Å²) in [5.41, 5.74) is 0.623. The zero-order valence-electron chi connectivity index (χ0n) is 11.6. The van der Waals surface area contributed by atoms with E-state index in [1.165, 1.54) is 0 Å². The maximum absolute atomic E-state index is 11.9. The number of carbonyl (C=O) groups is 2. The minimum atomic E-state index is -0.979. The van der Waals surface area contributed by atoms with Crippen LogP contribution in [-0.2, 0) is 19.1 Å². The lowest BCUT2D eigenvalue weighted by molar-refractivity contribution is -0.168. The molecule has 104 valence electrons. The largest absolute Gasteiger partial charge is 0.463 e. The normalized spacial score (nSPS) is 12.0. The van der Waals surface area contributed by atoms with E-state index in [1.54, 1.807) is 31.2 Å². The van der Waals surface area contributed by atoms with Crippen LogP contribution in [0, 0.1) is 5.92 Å². The van der Waals surface area contributed by atoms with Crippen LogP contribution in [0.1, 0.15) is 38.9 Å². The molecule has 4 heteroatoms. The van der Waals surface area contributed by atoms with Crippen molar-refractivity contribution in [2.24, 2.45) is 5.92 Å². The van der Waals surface area contributed by atoms with Gasteiger partial charge in [0.2, 0.25) is 6.10 Å². The second-order valence-electron chi connectivity index (χ2n) is 4.63. The molecule has 1 aromatic carbocycles. The highest BCUT2D eigenvalue weighted by Gasteiger charge is 2.26. The summed E-state index contributed by atoms with van der Waals surface area (Å²) >= 11 is 0. The fourth-order valence-corrected chi connectivity index (χ4v) is 1.61. The maximum atomic E-state index is 11.9. The van der Waals surface area contributed by atoms with Gasteiger partial charge in [0.1, 0.15) is 0 Å². The maximum Gasteiger partial charge on any atom is 0.352 e. The first kappa shape index (κ1) is 15.2. The van der Waals surface area contributed by atoms with Crippen molar-refractivity contribution in [1.82, 2.24) is 0 Å². The van der Waals surface area contributed by atoms with Crippen molar-refractivity contribution < 1.29 is 19.1 Å². The number of carbonyl (C=O) groups excluding carboxylic acids is 2. The number of hydrogen-bond donors (Lipinski definition) is 0. The van der Waals surface area contributed by atoms with Crippen molar-refractivity contribution in [2.45, 2.75) is 33.3 Å². The highest BCUT2D eigenvalue weighted by molar-refractivity contribution is 5.80. The Balaban J connectivity index is 2.81. The number of hydrogen-bond acceptors (Lipinski definition) is 4. The summed E-state index contributed by atoms with van der Waals surface area (Å²) in [4.78, 5) is 23.6. The predicted molar refractivity (Wildman–Crippen MR) is 71.4 cm³/mol. The lowest BCUT2D eigenvalue weighted by atomic mass is 10.1. The first-order valence-corrected chi connectivity index (χ1v) is 6.45. The van der Waals surface area contributed by atoms with Crippen LogP contribution in [-0.4, -0.2) is 18.5 Å². The van der Waals surface area contributed by atoms with Crippen LogP contribution < -0.4 is 0 Å². The average Bonchev–Trinajstić information content (AvgIpc) is 2.36. The van der Waals surface area contributed by atoms with Gasteiger partial charge < -0.3 is 9.47 Å². The average molecular weight is 264 g/mol. The van der Waals surface area contributed by atoms with Crippen LogP contribution in [0.4, 0.5) is 0 Å². The molecule has 0 bridgehead atoms. The van der Waals surface area contributed by atoms with E-state index in [9.17, 15) is 9.59 Å². The van der Waals surface area contributed by atoms with Gasteiger partial charge in [-0.3, -0.25) is 4.79 Å². The van der Waals surface area contributed by atoms with E-state index in [1.807, 2.05) is 19.9 Å². The molecule has 0 aliphatic heterocycles. The van der Waals surface area contributed by atoms with Gasteiger partial charge in [-0.25, -0.2) is 4.79 Å². The van der Waals surface area contributed by atoms with E-state index >= 15 is 0 Å². The van der Waals surface area contributed by atoms with E-state index in [2.05, 4.69) is 0 Å². The van der Waals surface area contributed by atoms with Crippen molar-refractivity contribution in [3.05, 3.63) is 35.9 Å². The van der Waals surface area contributed by atoms with Gasteiger partial charge >= 0.3 is 11.9 Å². The zero-order chi connectivity index (χ0) is 14.3. The molecule has 1 aromatic rings. The summed E-state index contributed by atoms with van der Waals surface area (Å²) in [5, 5.41) is 0. The van der Waals surface area contributed by atoms with E-state index in [-0.39, 0.29) is 18.9 Å². The van der Waals surface area contributed by atoms with Gasteiger partial charge in [0.15, 0.2) is 0 Å². The predicted octanol–water partition coefficient (Wildman–Crippen LogP) is 2.88. The Morgan fingerprint density at radius 2 is 1.79 bits per heavy atom. The highest BCUT2D eigenvalue weighted by Crippen LogP contribution is 2.20. The minimum Gasteiger partial charge on any atom is -0.463 e. The van der Waals surface area contributed by atoms with Crippen LogP contribution in [0.3, 0.4) is 0 Å². The Bertz CT molecular complexity index is 411. The minimum absolute atomic E-state index is 0.186. The first-order valence-electron chi connectivity index (χ1n) is 6.45. The van der Waals surface area contributed by atoms with Crippen molar-refractivity contribution in [1.29, 1.82) is 0 Å². The van der Waals surface area contributed by atoms with Crippen LogP contribution >= 0.6 is 0 Å². The molecular formula is C15H20O4.